The zero-order chi connectivity index (χ0) is 13.1. The van der Waals surface area contributed by atoms with Gasteiger partial charge in [-0.25, -0.2) is 0 Å². The Labute approximate surface area is 111 Å². The maximum absolute atomic E-state index is 12.3. The molecule has 0 radical (unpaired) electrons. The zero-order valence-electron chi connectivity index (χ0n) is 10.2. The van der Waals surface area contributed by atoms with Crippen molar-refractivity contribution >= 4 is 17.5 Å². The van der Waals surface area contributed by atoms with E-state index in [1.54, 1.807) is 17.0 Å². The Morgan fingerprint density at radius 2 is 2.28 bits per heavy atom. The molecule has 1 aliphatic carbocycles. The van der Waals surface area contributed by atoms with Gasteiger partial charge in [-0.2, -0.15) is 0 Å². The SMILES string of the molecule is COc1ccc(C(=O)N(CCCl)C2CC2)c(O)c1. The predicted molar refractivity (Wildman–Crippen MR) is 69.4 cm³/mol. The fourth-order valence-corrected chi connectivity index (χ4v) is 2.08. The Kier molecular flexibility index (Phi) is 3.97. The number of aromatic hydroxyl groups is 1. The van der Waals surface area contributed by atoms with Crippen molar-refractivity contribution < 1.29 is 14.6 Å². The van der Waals surface area contributed by atoms with Crippen molar-refractivity contribution in [3.63, 3.8) is 0 Å². The van der Waals surface area contributed by atoms with E-state index in [0.717, 1.165) is 12.8 Å². The van der Waals surface area contributed by atoms with Crippen LogP contribution >= 0.6 is 11.6 Å². The number of amides is 1. The minimum atomic E-state index is -0.168. The highest BCUT2D eigenvalue weighted by atomic mass is 35.5. The number of phenolic OH excluding ortho intramolecular Hbond substituents is 1. The number of halogens is 1. The van der Waals surface area contributed by atoms with E-state index in [0.29, 0.717) is 23.7 Å². The van der Waals surface area contributed by atoms with Crippen LogP contribution in [0, 0.1) is 0 Å². The van der Waals surface area contributed by atoms with E-state index in [-0.39, 0.29) is 17.7 Å². The number of hydrogen-bond acceptors (Lipinski definition) is 3. The van der Waals surface area contributed by atoms with Crippen LogP contribution in [0.15, 0.2) is 18.2 Å². The molecule has 0 atom stereocenters. The number of carbonyl (C=O) groups excluding carboxylic acids is 1. The molecule has 5 heteroatoms. The molecule has 1 saturated carbocycles. The standard InChI is InChI=1S/C13H16ClNO3/c1-18-10-4-5-11(12(16)8-10)13(17)15(7-6-14)9-2-3-9/h4-5,8-9,16H,2-3,6-7H2,1H3. The van der Waals surface area contributed by atoms with Crippen LogP contribution in [0.25, 0.3) is 0 Å². The smallest absolute Gasteiger partial charge is 0.257 e. The van der Waals surface area contributed by atoms with E-state index in [1.165, 1.54) is 13.2 Å². The van der Waals surface area contributed by atoms with Crippen LogP contribution < -0.4 is 4.74 Å². The fraction of sp³-hybridized carbons (Fsp3) is 0.462. The third-order valence-corrected chi connectivity index (χ3v) is 3.18. The third-order valence-electron chi connectivity index (χ3n) is 3.01. The van der Waals surface area contributed by atoms with Crippen molar-refractivity contribution in [3.05, 3.63) is 23.8 Å². The minimum Gasteiger partial charge on any atom is -0.507 e. The number of phenols is 1. The Balaban J connectivity index is 2.21. The van der Waals surface area contributed by atoms with Gasteiger partial charge in [-0.3, -0.25) is 4.79 Å². The Morgan fingerprint density at radius 1 is 1.56 bits per heavy atom. The molecule has 98 valence electrons. The summed E-state index contributed by atoms with van der Waals surface area (Å²) in [6.07, 6.45) is 2.03. The molecule has 4 nitrogen and oxygen atoms in total. The lowest BCUT2D eigenvalue weighted by Gasteiger charge is -2.21. The zero-order valence-corrected chi connectivity index (χ0v) is 11.0. The average molecular weight is 270 g/mol. The molecular formula is C13H16ClNO3. The topological polar surface area (TPSA) is 49.8 Å². The van der Waals surface area contributed by atoms with Gasteiger partial charge in [0.05, 0.1) is 12.7 Å². The number of rotatable bonds is 5. The molecule has 1 aliphatic rings. The van der Waals surface area contributed by atoms with Crippen molar-refractivity contribution in [1.82, 2.24) is 4.90 Å². The molecule has 1 amide bonds. The second-order valence-corrected chi connectivity index (χ2v) is 4.68. The van der Waals surface area contributed by atoms with Crippen molar-refractivity contribution in [1.29, 1.82) is 0 Å². The Hall–Kier alpha value is -1.42. The molecule has 2 rings (SSSR count). The quantitative estimate of drug-likeness (QED) is 0.834. The lowest BCUT2D eigenvalue weighted by Crippen LogP contribution is -2.34. The van der Waals surface area contributed by atoms with E-state index in [4.69, 9.17) is 16.3 Å². The monoisotopic (exact) mass is 269 g/mol. The fourth-order valence-electron chi connectivity index (χ4n) is 1.90. The molecular weight excluding hydrogens is 254 g/mol. The summed E-state index contributed by atoms with van der Waals surface area (Å²) >= 11 is 5.71. The highest BCUT2D eigenvalue weighted by Gasteiger charge is 2.33. The van der Waals surface area contributed by atoms with Crippen molar-refractivity contribution in [2.45, 2.75) is 18.9 Å². The number of ether oxygens (including phenoxy) is 1. The van der Waals surface area contributed by atoms with Gasteiger partial charge < -0.3 is 14.7 Å². The molecule has 0 unspecified atom stereocenters. The first-order valence-corrected chi connectivity index (χ1v) is 6.44. The molecule has 0 bridgehead atoms. The lowest BCUT2D eigenvalue weighted by molar-refractivity contribution is 0.0750. The van der Waals surface area contributed by atoms with Gasteiger partial charge in [-0.1, -0.05) is 0 Å². The average Bonchev–Trinajstić information content (AvgIpc) is 3.19. The van der Waals surface area contributed by atoms with Gasteiger partial charge in [0.25, 0.3) is 5.91 Å². The van der Waals surface area contributed by atoms with E-state index in [2.05, 4.69) is 0 Å². The van der Waals surface area contributed by atoms with Crippen LogP contribution in [0.2, 0.25) is 0 Å². The number of benzene rings is 1. The number of hydrogen-bond donors (Lipinski definition) is 1. The van der Waals surface area contributed by atoms with Crippen molar-refractivity contribution in [2.24, 2.45) is 0 Å². The molecule has 18 heavy (non-hydrogen) atoms. The summed E-state index contributed by atoms with van der Waals surface area (Å²) in [7, 11) is 1.51. The third kappa shape index (κ3) is 2.70. The van der Waals surface area contributed by atoms with Gasteiger partial charge >= 0.3 is 0 Å². The summed E-state index contributed by atoms with van der Waals surface area (Å²) in [5.41, 5.74) is 0.299. The van der Waals surface area contributed by atoms with Crippen molar-refractivity contribution in [2.75, 3.05) is 19.5 Å². The highest BCUT2D eigenvalue weighted by Crippen LogP contribution is 2.31. The Bertz CT molecular complexity index is 446. The first-order valence-electron chi connectivity index (χ1n) is 5.91. The maximum Gasteiger partial charge on any atom is 0.257 e. The predicted octanol–water partition coefficient (Wildman–Crippen LogP) is 2.24. The summed E-state index contributed by atoms with van der Waals surface area (Å²) in [5.74, 6) is 0.705. The number of alkyl halides is 1. The lowest BCUT2D eigenvalue weighted by atomic mass is 10.1. The molecule has 1 fully saturated rings. The molecule has 0 spiro atoms. The molecule has 0 aromatic heterocycles. The molecule has 1 aromatic carbocycles. The van der Waals surface area contributed by atoms with Gasteiger partial charge in [-0.15, -0.1) is 11.6 Å². The molecule has 0 heterocycles. The van der Waals surface area contributed by atoms with Gasteiger partial charge in [-0.05, 0) is 25.0 Å². The Morgan fingerprint density at radius 3 is 2.78 bits per heavy atom. The summed E-state index contributed by atoms with van der Waals surface area (Å²) in [4.78, 5) is 14.0. The van der Waals surface area contributed by atoms with Crippen molar-refractivity contribution in [3.8, 4) is 11.5 Å². The van der Waals surface area contributed by atoms with Gasteiger partial charge in [0.2, 0.25) is 0 Å². The van der Waals surface area contributed by atoms with Crippen LogP contribution in [0.1, 0.15) is 23.2 Å². The molecule has 0 saturated heterocycles. The summed E-state index contributed by atoms with van der Waals surface area (Å²) < 4.78 is 4.99. The van der Waals surface area contributed by atoms with Gasteiger partial charge in [0, 0.05) is 24.5 Å². The molecule has 1 N–H and O–H groups in total. The van der Waals surface area contributed by atoms with Crippen LogP contribution in [0.4, 0.5) is 0 Å². The van der Waals surface area contributed by atoms with Crippen LogP contribution in [0.5, 0.6) is 11.5 Å². The summed E-state index contributed by atoms with van der Waals surface area (Å²) in [5, 5.41) is 9.85. The molecule has 1 aromatic rings. The van der Waals surface area contributed by atoms with Crippen LogP contribution in [0.3, 0.4) is 0 Å². The first-order chi connectivity index (χ1) is 8.67. The number of nitrogens with zero attached hydrogens (tertiary/aromatic N) is 1. The van der Waals surface area contributed by atoms with Gasteiger partial charge in [0.15, 0.2) is 0 Å². The summed E-state index contributed by atoms with van der Waals surface area (Å²) in [6, 6.07) is 4.97. The first kappa shape index (κ1) is 13.0. The number of carbonyl (C=O) groups is 1. The van der Waals surface area contributed by atoms with Crippen LogP contribution in [-0.2, 0) is 0 Å². The van der Waals surface area contributed by atoms with E-state index < -0.39 is 0 Å². The largest absolute Gasteiger partial charge is 0.507 e. The second kappa shape index (κ2) is 5.48. The molecule has 0 aliphatic heterocycles. The highest BCUT2D eigenvalue weighted by molar-refractivity contribution is 6.18. The second-order valence-electron chi connectivity index (χ2n) is 4.30. The van der Waals surface area contributed by atoms with E-state index in [1.807, 2.05) is 0 Å². The normalized spacial score (nSPS) is 14.3. The summed E-state index contributed by atoms with van der Waals surface area (Å²) in [6.45, 7) is 0.510. The van der Waals surface area contributed by atoms with E-state index >= 15 is 0 Å². The van der Waals surface area contributed by atoms with Gasteiger partial charge in [0.1, 0.15) is 11.5 Å². The minimum absolute atomic E-state index is 0.0560. The number of methoxy groups -OCH3 is 1. The van der Waals surface area contributed by atoms with E-state index in [9.17, 15) is 9.90 Å². The van der Waals surface area contributed by atoms with Crippen LogP contribution in [-0.4, -0.2) is 41.5 Å². The maximum atomic E-state index is 12.3.